The van der Waals surface area contributed by atoms with Crippen LogP contribution in [0.4, 0.5) is 0 Å². The van der Waals surface area contributed by atoms with Crippen molar-refractivity contribution >= 4 is 0 Å². The van der Waals surface area contributed by atoms with Crippen LogP contribution in [0.3, 0.4) is 0 Å². The second kappa shape index (κ2) is 4.82. The summed E-state index contributed by atoms with van der Waals surface area (Å²) in [5, 5.41) is 10.7. The molecular formula is C15H19NO2. The quantitative estimate of drug-likeness (QED) is 0.832. The highest BCUT2D eigenvalue weighted by Gasteiger charge is 2.47. The van der Waals surface area contributed by atoms with Crippen LogP contribution >= 0.6 is 0 Å². The Bertz CT molecular complexity index is 437. The zero-order valence-electron chi connectivity index (χ0n) is 10.5. The zero-order chi connectivity index (χ0) is 12.4. The van der Waals surface area contributed by atoms with E-state index in [0.29, 0.717) is 6.61 Å². The third-order valence-corrected chi connectivity index (χ3v) is 4.34. The standard InChI is InChI=1S/C15H19NO2/c17-14(13-4-1-2-9-16-13)15(7-3-8-15)12-5-10-18-11-6-12/h1-2,4-5,9,14,17H,3,6-8,10-11H2. The average molecular weight is 245 g/mol. The van der Waals surface area contributed by atoms with Crippen molar-refractivity contribution in [2.45, 2.75) is 31.8 Å². The highest BCUT2D eigenvalue weighted by atomic mass is 16.5. The molecule has 0 radical (unpaired) electrons. The van der Waals surface area contributed by atoms with Gasteiger partial charge in [0.2, 0.25) is 0 Å². The van der Waals surface area contributed by atoms with Crippen molar-refractivity contribution in [2.24, 2.45) is 5.41 Å². The van der Waals surface area contributed by atoms with Crippen molar-refractivity contribution in [3.8, 4) is 0 Å². The van der Waals surface area contributed by atoms with Crippen molar-refractivity contribution in [3.05, 3.63) is 41.7 Å². The highest BCUT2D eigenvalue weighted by molar-refractivity contribution is 5.26. The summed E-state index contributed by atoms with van der Waals surface area (Å²) in [6.07, 6.45) is 7.72. The maximum atomic E-state index is 10.7. The minimum Gasteiger partial charge on any atom is -0.386 e. The van der Waals surface area contributed by atoms with Crippen LogP contribution in [0.25, 0.3) is 0 Å². The fourth-order valence-electron chi connectivity index (χ4n) is 3.13. The molecule has 1 aromatic heterocycles. The number of pyridine rings is 1. The fraction of sp³-hybridized carbons (Fsp3) is 0.533. The Labute approximate surface area is 108 Å². The van der Waals surface area contributed by atoms with Crippen LogP contribution in [0, 0.1) is 5.41 Å². The number of rotatable bonds is 3. The minimum absolute atomic E-state index is 0.0713. The van der Waals surface area contributed by atoms with Gasteiger partial charge in [-0.1, -0.05) is 24.1 Å². The van der Waals surface area contributed by atoms with Crippen molar-refractivity contribution in [1.82, 2.24) is 4.98 Å². The molecular weight excluding hydrogens is 226 g/mol. The molecule has 1 aromatic rings. The molecule has 3 rings (SSSR count). The van der Waals surface area contributed by atoms with E-state index in [0.717, 1.165) is 31.6 Å². The molecule has 0 saturated heterocycles. The maximum Gasteiger partial charge on any atom is 0.105 e. The number of ether oxygens (including phenoxy) is 1. The molecule has 18 heavy (non-hydrogen) atoms. The van der Waals surface area contributed by atoms with Gasteiger partial charge in [-0.15, -0.1) is 0 Å². The minimum atomic E-state index is -0.475. The van der Waals surface area contributed by atoms with Gasteiger partial charge in [0.1, 0.15) is 6.10 Å². The normalized spacial score (nSPS) is 23.9. The molecule has 1 aliphatic heterocycles. The van der Waals surface area contributed by atoms with Gasteiger partial charge in [0.05, 0.1) is 18.9 Å². The molecule has 0 amide bonds. The summed E-state index contributed by atoms with van der Waals surface area (Å²) in [5.41, 5.74) is 2.10. The van der Waals surface area contributed by atoms with Gasteiger partial charge in [-0.3, -0.25) is 4.98 Å². The van der Waals surface area contributed by atoms with Gasteiger partial charge in [0.15, 0.2) is 0 Å². The molecule has 0 bridgehead atoms. The van der Waals surface area contributed by atoms with Gasteiger partial charge in [0.25, 0.3) is 0 Å². The lowest BCUT2D eigenvalue weighted by Crippen LogP contribution is -2.39. The monoisotopic (exact) mass is 245 g/mol. The first-order valence-electron chi connectivity index (χ1n) is 6.69. The molecule has 2 heterocycles. The Morgan fingerprint density at radius 3 is 2.78 bits per heavy atom. The summed E-state index contributed by atoms with van der Waals surface area (Å²) in [6.45, 7) is 1.47. The molecule has 3 heteroatoms. The number of aliphatic hydroxyl groups excluding tert-OH is 1. The van der Waals surface area contributed by atoms with Gasteiger partial charge in [-0.05, 0) is 31.4 Å². The molecule has 1 N–H and O–H groups in total. The zero-order valence-corrected chi connectivity index (χ0v) is 10.5. The molecule has 3 nitrogen and oxygen atoms in total. The summed E-state index contributed by atoms with van der Waals surface area (Å²) in [7, 11) is 0. The summed E-state index contributed by atoms with van der Waals surface area (Å²) in [4.78, 5) is 4.31. The number of hydrogen-bond acceptors (Lipinski definition) is 3. The van der Waals surface area contributed by atoms with Gasteiger partial charge in [-0.2, -0.15) is 0 Å². The van der Waals surface area contributed by atoms with Gasteiger partial charge in [-0.25, -0.2) is 0 Å². The van der Waals surface area contributed by atoms with Crippen LogP contribution in [-0.4, -0.2) is 23.3 Å². The van der Waals surface area contributed by atoms with E-state index in [1.165, 1.54) is 12.0 Å². The van der Waals surface area contributed by atoms with E-state index in [1.54, 1.807) is 6.20 Å². The van der Waals surface area contributed by atoms with E-state index in [9.17, 15) is 5.11 Å². The predicted octanol–water partition coefficient (Wildman–Crippen LogP) is 2.63. The lowest BCUT2D eigenvalue weighted by atomic mass is 9.59. The van der Waals surface area contributed by atoms with Crippen LogP contribution < -0.4 is 0 Å². The molecule has 1 aliphatic carbocycles. The third kappa shape index (κ3) is 1.88. The summed E-state index contributed by atoms with van der Waals surface area (Å²) < 4.78 is 5.38. The number of aliphatic hydroxyl groups is 1. The van der Waals surface area contributed by atoms with E-state index in [1.807, 2.05) is 18.2 Å². The smallest absolute Gasteiger partial charge is 0.105 e. The van der Waals surface area contributed by atoms with Crippen LogP contribution in [0.15, 0.2) is 36.0 Å². The average Bonchev–Trinajstić information content (AvgIpc) is 2.40. The van der Waals surface area contributed by atoms with Gasteiger partial charge < -0.3 is 9.84 Å². The molecule has 0 spiro atoms. The molecule has 1 atom stereocenters. The van der Waals surface area contributed by atoms with E-state index in [2.05, 4.69) is 11.1 Å². The Balaban J connectivity index is 1.89. The van der Waals surface area contributed by atoms with Crippen LogP contribution in [0.1, 0.15) is 37.5 Å². The lowest BCUT2D eigenvalue weighted by Gasteiger charge is -2.48. The van der Waals surface area contributed by atoms with Gasteiger partial charge >= 0.3 is 0 Å². The Hall–Kier alpha value is -1.19. The number of hydrogen-bond donors (Lipinski definition) is 1. The second-order valence-corrected chi connectivity index (χ2v) is 5.22. The molecule has 1 fully saturated rings. The molecule has 1 saturated carbocycles. The summed E-state index contributed by atoms with van der Waals surface area (Å²) in [6, 6.07) is 5.75. The van der Waals surface area contributed by atoms with E-state index in [4.69, 9.17) is 4.74 Å². The fourth-order valence-corrected chi connectivity index (χ4v) is 3.13. The Morgan fingerprint density at radius 2 is 2.22 bits per heavy atom. The maximum absolute atomic E-state index is 10.7. The molecule has 0 aromatic carbocycles. The van der Waals surface area contributed by atoms with Crippen molar-refractivity contribution in [3.63, 3.8) is 0 Å². The van der Waals surface area contributed by atoms with E-state index in [-0.39, 0.29) is 5.41 Å². The first-order chi connectivity index (χ1) is 8.83. The van der Waals surface area contributed by atoms with Crippen molar-refractivity contribution < 1.29 is 9.84 Å². The topological polar surface area (TPSA) is 42.4 Å². The van der Waals surface area contributed by atoms with Crippen LogP contribution in [0.2, 0.25) is 0 Å². The van der Waals surface area contributed by atoms with Crippen LogP contribution in [0.5, 0.6) is 0 Å². The van der Waals surface area contributed by atoms with E-state index >= 15 is 0 Å². The largest absolute Gasteiger partial charge is 0.386 e. The predicted molar refractivity (Wildman–Crippen MR) is 69.0 cm³/mol. The van der Waals surface area contributed by atoms with Crippen molar-refractivity contribution in [2.75, 3.05) is 13.2 Å². The third-order valence-electron chi connectivity index (χ3n) is 4.34. The summed E-state index contributed by atoms with van der Waals surface area (Å²) >= 11 is 0. The van der Waals surface area contributed by atoms with Crippen molar-refractivity contribution in [1.29, 1.82) is 0 Å². The lowest BCUT2D eigenvalue weighted by molar-refractivity contribution is -0.0184. The van der Waals surface area contributed by atoms with E-state index < -0.39 is 6.10 Å². The number of aromatic nitrogens is 1. The SMILES string of the molecule is OC(c1ccccn1)C1(C2=CCOCC2)CCC1. The van der Waals surface area contributed by atoms with Crippen LogP contribution in [-0.2, 0) is 4.74 Å². The highest BCUT2D eigenvalue weighted by Crippen LogP contribution is 2.56. The molecule has 2 aliphatic rings. The molecule has 96 valence electrons. The second-order valence-electron chi connectivity index (χ2n) is 5.22. The summed E-state index contributed by atoms with van der Waals surface area (Å²) in [5.74, 6) is 0. The first kappa shape index (κ1) is 11.9. The Morgan fingerprint density at radius 1 is 1.33 bits per heavy atom. The first-order valence-corrected chi connectivity index (χ1v) is 6.69. The van der Waals surface area contributed by atoms with Gasteiger partial charge in [0, 0.05) is 11.6 Å². The number of nitrogens with zero attached hydrogens (tertiary/aromatic N) is 1. The Kier molecular flexibility index (Phi) is 3.18. The molecule has 1 unspecified atom stereocenters.